The van der Waals surface area contributed by atoms with Gasteiger partial charge in [-0.2, -0.15) is 13.2 Å². The van der Waals surface area contributed by atoms with Crippen molar-refractivity contribution in [1.29, 1.82) is 0 Å². The number of rotatable bonds is 2. The number of carbonyl (C=O) groups is 1. The molecule has 0 saturated carbocycles. The number of nitrogens with zero attached hydrogens (tertiary/aromatic N) is 1. The summed E-state index contributed by atoms with van der Waals surface area (Å²) < 4.78 is 62.8. The lowest BCUT2D eigenvalue weighted by atomic mass is 9.83. The Kier molecular flexibility index (Phi) is 5.65. The van der Waals surface area contributed by atoms with E-state index in [-0.39, 0.29) is 13.2 Å². The molecule has 9 heteroatoms. The van der Waals surface area contributed by atoms with Gasteiger partial charge in [-0.15, -0.1) is 0 Å². The first-order chi connectivity index (χ1) is 13.9. The Hall–Kier alpha value is -1.94. The van der Waals surface area contributed by atoms with Gasteiger partial charge in [0.25, 0.3) is 0 Å². The van der Waals surface area contributed by atoms with Crippen molar-refractivity contribution in [2.24, 2.45) is 5.92 Å². The molecule has 1 amide bonds. The van der Waals surface area contributed by atoms with Gasteiger partial charge < -0.3 is 23.8 Å². The average molecular weight is 413 g/mol. The highest BCUT2D eigenvalue weighted by atomic mass is 19.4. The van der Waals surface area contributed by atoms with E-state index in [2.05, 4.69) is 0 Å². The first-order valence-corrected chi connectivity index (χ1v) is 9.43. The molecule has 1 aromatic carbocycles. The summed E-state index contributed by atoms with van der Waals surface area (Å²) in [6.07, 6.45) is -3.90. The minimum atomic E-state index is -4.99. The minimum absolute atomic E-state index is 0.168. The largest absolute Gasteiger partial charge is 0.471 e. The molecule has 2 saturated heterocycles. The highest BCUT2D eigenvalue weighted by Gasteiger charge is 2.55. The second-order valence-electron chi connectivity index (χ2n) is 7.27. The van der Waals surface area contributed by atoms with Crippen LogP contribution in [0.15, 0.2) is 42.5 Å². The molecule has 3 aliphatic rings. The molecular weight excluding hydrogens is 391 g/mol. The van der Waals surface area contributed by atoms with E-state index in [1.807, 2.05) is 30.3 Å². The lowest BCUT2D eigenvalue weighted by Crippen LogP contribution is -2.65. The number of hydrogen-bond acceptors (Lipinski definition) is 5. The third-order valence-corrected chi connectivity index (χ3v) is 5.55. The van der Waals surface area contributed by atoms with Gasteiger partial charge in [0.2, 0.25) is 0 Å². The first-order valence-electron chi connectivity index (χ1n) is 9.43. The summed E-state index contributed by atoms with van der Waals surface area (Å²) in [5.74, 6) is -2.34. The molecule has 0 aromatic heterocycles. The van der Waals surface area contributed by atoms with Gasteiger partial charge >= 0.3 is 12.1 Å². The number of benzene rings is 1. The van der Waals surface area contributed by atoms with Crippen LogP contribution in [0.5, 0.6) is 0 Å². The molecule has 6 nitrogen and oxygen atoms in total. The maximum absolute atomic E-state index is 13.2. The molecule has 1 aromatic rings. The Morgan fingerprint density at radius 2 is 1.93 bits per heavy atom. The van der Waals surface area contributed by atoms with Gasteiger partial charge in [0.15, 0.2) is 12.6 Å². The number of carbonyl (C=O) groups excluding carboxylic acids is 1. The van der Waals surface area contributed by atoms with Crippen LogP contribution in [0.4, 0.5) is 13.2 Å². The third kappa shape index (κ3) is 3.92. The Labute approximate surface area is 166 Å². The Bertz CT molecular complexity index is 756. The van der Waals surface area contributed by atoms with Crippen LogP contribution in [0.3, 0.4) is 0 Å². The number of methoxy groups -OCH3 is 1. The molecule has 29 heavy (non-hydrogen) atoms. The first kappa shape index (κ1) is 20.3. The number of hydrogen-bond donors (Lipinski definition) is 0. The smallest absolute Gasteiger partial charge is 0.354 e. The van der Waals surface area contributed by atoms with Crippen LogP contribution in [0, 0.1) is 5.92 Å². The fourth-order valence-electron chi connectivity index (χ4n) is 4.26. The molecule has 4 rings (SSSR count). The molecule has 1 unspecified atom stereocenters. The lowest BCUT2D eigenvalue weighted by Gasteiger charge is -2.51. The molecule has 6 atom stereocenters. The minimum Gasteiger partial charge on any atom is -0.354 e. The zero-order valence-corrected chi connectivity index (χ0v) is 15.7. The number of fused-ring (bicyclic) bond motifs is 3. The Morgan fingerprint density at radius 3 is 2.62 bits per heavy atom. The summed E-state index contributed by atoms with van der Waals surface area (Å²) in [6, 6.07) is 8.36. The number of halogens is 3. The molecule has 0 bridgehead atoms. The summed E-state index contributed by atoms with van der Waals surface area (Å²) in [4.78, 5) is 12.9. The van der Waals surface area contributed by atoms with Crippen LogP contribution >= 0.6 is 0 Å². The van der Waals surface area contributed by atoms with E-state index in [0.717, 1.165) is 10.5 Å². The molecule has 3 aliphatic heterocycles. The van der Waals surface area contributed by atoms with E-state index >= 15 is 0 Å². The molecule has 0 aliphatic carbocycles. The summed E-state index contributed by atoms with van der Waals surface area (Å²) in [5.41, 5.74) is 0.809. The van der Waals surface area contributed by atoms with Crippen molar-refractivity contribution in [2.75, 3.05) is 20.3 Å². The van der Waals surface area contributed by atoms with E-state index in [1.54, 1.807) is 12.2 Å². The molecule has 2 fully saturated rings. The standard InChI is InChI=1S/C20H22F3NO5/c1-26-18-15-13(9-5-6-10-24(15)19(25)20(21,22)23)16-14(28-18)11-27-17(29-16)12-7-3-2-4-8-12/h2-8,13-18H,9-11H2,1H3/t13-,14-,15-,16+,17?,18+/m1/s1. The van der Waals surface area contributed by atoms with Crippen LogP contribution in [0.25, 0.3) is 0 Å². The van der Waals surface area contributed by atoms with Gasteiger partial charge in [0.05, 0.1) is 18.8 Å². The summed E-state index contributed by atoms with van der Waals surface area (Å²) in [7, 11) is 1.36. The molecule has 0 spiro atoms. The third-order valence-electron chi connectivity index (χ3n) is 5.55. The van der Waals surface area contributed by atoms with Crippen molar-refractivity contribution in [3.63, 3.8) is 0 Å². The van der Waals surface area contributed by atoms with Gasteiger partial charge in [-0.25, -0.2) is 0 Å². The van der Waals surface area contributed by atoms with Crippen molar-refractivity contribution in [3.8, 4) is 0 Å². The Morgan fingerprint density at radius 1 is 1.17 bits per heavy atom. The fourth-order valence-corrected chi connectivity index (χ4v) is 4.26. The van der Waals surface area contributed by atoms with E-state index in [9.17, 15) is 18.0 Å². The summed E-state index contributed by atoms with van der Waals surface area (Å²) in [6.45, 7) is 0.0446. The summed E-state index contributed by atoms with van der Waals surface area (Å²) in [5, 5.41) is 0. The highest BCUT2D eigenvalue weighted by Crippen LogP contribution is 2.42. The van der Waals surface area contributed by atoms with Gasteiger partial charge in [-0.3, -0.25) is 4.79 Å². The van der Waals surface area contributed by atoms with E-state index < -0.39 is 48.8 Å². The number of allylic oxidation sites excluding steroid dienone is 1. The van der Waals surface area contributed by atoms with Crippen molar-refractivity contribution in [2.45, 2.75) is 43.4 Å². The van der Waals surface area contributed by atoms with Gasteiger partial charge in [0, 0.05) is 25.1 Å². The molecule has 0 radical (unpaired) electrons. The van der Waals surface area contributed by atoms with Gasteiger partial charge in [-0.05, 0) is 6.42 Å². The van der Waals surface area contributed by atoms with E-state index in [1.165, 1.54) is 7.11 Å². The van der Waals surface area contributed by atoms with Crippen LogP contribution in [0.1, 0.15) is 18.3 Å². The number of ether oxygens (including phenoxy) is 4. The number of amides is 1. The maximum Gasteiger partial charge on any atom is 0.471 e. The average Bonchev–Trinajstić information content (AvgIpc) is 2.95. The topological polar surface area (TPSA) is 57.2 Å². The lowest BCUT2D eigenvalue weighted by molar-refractivity contribution is -0.341. The van der Waals surface area contributed by atoms with E-state index in [4.69, 9.17) is 18.9 Å². The summed E-state index contributed by atoms with van der Waals surface area (Å²) >= 11 is 0. The van der Waals surface area contributed by atoms with Crippen LogP contribution in [0.2, 0.25) is 0 Å². The normalized spacial score (nSPS) is 34.8. The number of alkyl halides is 3. The van der Waals surface area contributed by atoms with Crippen molar-refractivity contribution in [3.05, 3.63) is 48.0 Å². The Balaban J connectivity index is 1.64. The molecule has 0 N–H and O–H groups in total. The maximum atomic E-state index is 13.2. The second-order valence-corrected chi connectivity index (χ2v) is 7.27. The predicted molar refractivity (Wildman–Crippen MR) is 94.5 cm³/mol. The molecular formula is C20H22F3NO5. The molecule has 3 heterocycles. The fraction of sp³-hybridized carbons (Fsp3) is 0.550. The van der Waals surface area contributed by atoms with Crippen LogP contribution in [-0.2, 0) is 23.7 Å². The van der Waals surface area contributed by atoms with E-state index in [0.29, 0.717) is 6.42 Å². The van der Waals surface area contributed by atoms with Gasteiger partial charge in [0.1, 0.15) is 6.10 Å². The molecule has 158 valence electrons. The zero-order chi connectivity index (χ0) is 20.6. The quantitative estimate of drug-likeness (QED) is 0.698. The van der Waals surface area contributed by atoms with Crippen LogP contribution < -0.4 is 0 Å². The van der Waals surface area contributed by atoms with Crippen molar-refractivity contribution >= 4 is 5.91 Å². The highest BCUT2D eigenvalue weighted by molar-refractivity contribution is 5.82. The predicted octanol–water partition coefficient (Wildman–Crippen LogP) is 2.81. The monoisotopic (exact) mass is 413 g/mol. The van der Waals surface area contributed by atoms with Crippen molar-refractivity contribution in [1.82, 2.24) is 4.90 Å². The second kappa shape index (κ2) is 8.06. The zero-order valence-electron chi connectivity index (χ0n) is 15.7. The van der Waals surface area contributed by atoms with Crippen LogP contribution in [-0.4, -0.2) is 61.8 Å². The van der Waals surface area contributed by atoms with Crippen molar-refractivity contribution < 1.29 is 36.9 Å². The van der Waals surface area contributed by atoms with Gasteiger partial charge in [-0.1, -0.05) is 42.5 Å². The SMILES string of the molecule is CO[C@H]1O[C@@H]2COC(c3ccccc3)O[C@H]2[C@@H]2CC=CCN(C(=O)C(F)(F)F)[C@@H]12.